The number of rotatable bonds is 7. The lowest BCUT2D eigenvalue weighted by Crippen LogP contribution is -2.31. The van der Waals surface area contributed by atoms with Crippen LogP contribution in [0.1, 0.15) is 13.8 Å². The fourth-order valence-electron chi connectivity index (χ4n) is 1.60. The standard InChI is InChI=1S/C11H19N5O3/c1-7(2)8(5-19-4)15-11-9(16(17)18)10(12-3)13-6-14-11/h6-8H,5H2,1-4H3,(H2,12,13,14,15). The Morgan fingerprint density at radius 1 is 1.42 bits per heavy atom. The third-order valence-corrected chi connectivity index (χ3v) is 2.71. The van der Waals surface area contributed by atoms with Crippen molar-refractivity contribution in [2.45, 2.75) is 19.9 Å². The van der Waals surface area contributed by atoms with E-state index in [0.717, 1.165) is 0 Å². The Kier molecular flexibility index (Phi) is 5.43. The van der Waals surface area contributed by atoms with Gasteiger partial charge in [-0.3, -0.25) is 10.1 Å². The summed E-state index contributed by atoms with van der Waals surface area (Å²) in [6.07, 6.45) is 1.28. The lowest BCUT2D eigenvalue weighted by atomic mass is 10.1. The van der Waals surface area contributed by atoms with E-state index in [1.54, 1.807) is 14.2 Å². The summed E-state index contributed by atoms with van der Waals surface area (Å²) in [6.45, 7) is 4.44. The maximum absolute atomic E-state index is 11.1. The predicted molar refractivity (Wildman–Crippen MR) is 72.4 cm³/mol. The molecule has 2 N–H and O–H groups in total. The number of ether oxygens (including phenoxy) is 1. The van der Waals surface area contributed by atoms with Crippen LogP contribution >= 0.6 is 0 Å². The highest BCUT2D eigenvalue weighted by atomic mass is 16.6. The fourth-order valence-corrected chi connectivity index (χ4v) is 1.60. The Hall–Kier alpha value is -1.96. The van der Waals surface area contributed by atoms with Crippen molar-refractivity contribution < 1.29 is 9.66 Å². The first-order chi connectivity index (χ1) is 9.01. The maximum Gasteiger partial charge on any atom is 0.353 e. The molecular formula is C11H19N5O3. The molecule has 1 rings (SSSR count). The quantitative estimate of drug-likeness (QED) is 0.571. The third kappa shape index (κ3) is 3.75. The zero-order valence-electron chi connectivity index (χ0n) is 11.5. The van der Waals surface area contributed by atoms with E-state index in [9.17, 15) is 10.1 Å². The highest BCUT2D eigenvalue weighted by Gasteiger charge is 2.25. The summed E-state index contributed by atoms with van der Waals surface area (Å²) in [5.41, 5.74) is -0.160. The Balaban J connectivity index is 3.08. The molecule has 1 aromatic heterocycles. The zero-order valence-corrected chi connectivity index (χ0v) is 11.5. The summed E-state index contributed by atoms with van der Waals surface area (Å²) < 4.78 is 5.10. The molecule has 0 aliphatic rings. The minimum atomic E-state index is -0.502. The summed E-state index contributed by atoms with van der Waals surface area (Å²) in [7, 11) is 3.17. The van der Waals surface area contributed by atoms with Crippen LogP contribution in [-0.4, -0.2) is 41.7 Å². The van der Waals surface area contributed by atoms with Crippen LogP contribution in [0.2, 0.25) is 0 Å². The maximum atomic E-state index is 11.1. The number of hydrogen-bond acceptors (Lipinski definition) is 7. The molecule has 106 valence electrons. The van der Waals surface area contributed by atoms with Gasteiger partial charge in [0.2, 0.25) is 11.6 Å². The van der Waals surface area contributed by atoms with E-state index in [4.69, 9.17) is 4.74 Å². The van der Waals surface area contributed by atoms with Gasteiger partial charge in [0.05, 0.1) is 17.6 Å². The van der Waals surface area contributed by atoms with E-state index >= 15 is 0 Å². The highest BCUT2D eigenvalue weighted by Crippen LogP contribution is 2.29. The SMILES string of the molecule is CNc1ncnc(NC(COC)C(C)C)c1[N+](=O)[O-]. The first kappa shape index (κ1) is 15.1. The lowest BCUT2D eigenvalue weighted by molar-refractivity contribution is -0.383. The Morgan fingerprint density at radius 3 is 2.53 bits per heavy atom. The second kappa shape index (κ2) is 6.83. The molecule has 1 atom stereocenters. The molecule has 19 heavy (non-hydrogen) atoms. The summed E-state index contributed by atoms with van der Waals surface area (Å²) in [6, 6.07) is -0.0664. The summed E-state index contributed by atoms with van der Waals surface area (Å²) in [4.78, 5) is 18.4. The van der Waals surface area contributed by atoms with E-state index in [2.05, 4.69) is 20.6 Å². The predicted octanol–water partition coefficient (Wildman–Crippen LogP) is 1.51. The first-order valence-electron chi connectivity index (χ1n) is 5.93. The van der Waals surface area contributed by atoms with Gasteiger partial charge in [0, 0.05) is 14.2 Å². The van der Waals surface area contributed by atoms with Gasteiger partial charge in [-0.25, -0.2) is 9.97 Å². The van der Waals surface area contributed by atoms with Crippen molar-refractivity contribution >= 4 is 17.3 Å². The number of hydrogen-bond donors (Lipinski definition) is 2. The number of methoxy groups -OCH3 is 1. The molecule has 1 heterocycles. The van der Waals surface area contributed by atoms with Crippen LogP contribution in [0.5, 0.6) is 0 Å². The molecule has 0 aromatic carbocycles. The van der Waals surface area contributed by atoms with Crippen molar-refractivity contribution in [2.75, 3.05) is 31.4 Å². The molecule has 0 aliphatic carbocycles. The Bertz CT molecular complexity index is 438. The van der Waals surface area contributed by atoms with Gasteiger partial charge in [0.1, 0.15) is 6.33 Å². The van der Waals surface area contributed by atoms with E-state index < -0.39 is 4.92 Å². The van der Waals surface area contributed by atoms with E-state index in [-0.39, 0.29) is 29.3 Å². The van der Waals surface area contributed by atoms with Crippen LogP contribution in [0.15, 0.2) is 6.33 Å². The van der Waals surface area contributed by atoms with Crippen LogP contribution in [0.4, 0.5) is 17.3 Å². The minimum Gasteiger partial charge on any atom is -0.383 e. The monoisotopic (exact) mass is 269 g/mol. The lowest BCUT2D eigenvalue weighted by Gasteiger charge is -2.22. The second-order valence-electron chi connectivity index (χ2n) is 4.38. The van der Waals surface area contributed by atoms with Gasteiger partial charge in [0.25, 0.3) is 0 Å². The first-order valence-corrected chi connectivity index (χ1v) is 5.93. The van der Waals surface area contributed by atoms with E-state index in [1.807, 2.05) is 13.8 Å². The Morgan fingerprint density at radius 2 is 2.05 bits per heavy atom. The van der Waals surface area contributed by atoms with Crippen LogP contribution in [0.25, 0.3) is 0 Å². The molecule has 0 saturated heterocycles. The minimum absolute atomic E-state index is 0.0664. The molecule has 0 spiro atoms. The number of aromatic nitrogens is 2. The fraction of sp³-hybridized carbons (Fsp3) is 0.636. The molecule has 0 amide bonds. The van der Waals surface area contributed by atoms with Gasteiger partial charge in [-0.2, -0.15) is 0 Å². The zero-order chi connectivity index (χ0) is 14.4. The molecule has 0 saturated carbocycles. The van der Waals surface area contributed by atoms with E-state index in [1.165, 1.54) is 6.33 Å². The van der Waals surface area contributed by atoms with Gasteiger partial charge in [0.15, 0.2) is 0 Å². The van der Waals surface area contributed by atoms with Crippen molar-refractivity contribution in [1.29, 1.82) is 0 Å². The van der Waals surface area contributed by atoms with E-state index in [0.29, 0.717) is 6.61 Å². The van der Waals surface area contributed by atoms with Gasteiger partial charge >= 0.3 is 5.69 Å². The summed E-state index contributed by atoms with van der Waals surface area (Å²) in [5.74, 6) is 0.620. The Labute approximate surface area is 111 Å². The van der Waals surface area contributed by atoms with Gasteiger partial charge < -0.3 is 15.4 Å². The number of nitrogens with zero attached hydrogens (tertiary/aromatic N) is 3. The molecule has 0 radical (unpaired) electrons. The van der Waals surface area contributed by atoms with Crippen molar-refractivity contribution in [1.82, 2.24) is 9.97 Å². The average molecular weight is 269 g/mol. The topological polar surface area (TPSA) is 102 Å². The third-order valence-electron chi connectivity index (χ3n) is 2.71. The normalized spacial score (nSPS) is 12.3. The second-order valence-corrected chi connectivity index (χ2v) is 4.38. The molecule has 0 fully saturated rings. The molecule has 8 nitrogen and oxygen atoms in total. The van der Waals surface area contributed by atoms with Crippen LogP contribution in [-0.2, 0) is 4.74 Å². The van der Waals surface area contributed by atoms with Crippen molar-refractivity contribution in [3.05, 3.63) is 16.4 Å². The van der Waals surface area contributed by atoms with Crippen molar-refractivity contribution in [3.63, 3.8) is 0 Å². The number of nitrogens with one attached hydrogen (secondary N) is 2. The van der Waals surface area contributed by atoms with Gasteiger partial charge in [-0.1, -0.05) is 13.8 Å². The van der Waals surface area contributed by atoms with Crippen LogP contribution < -0.4 is 10.6 Å². The highest BCUT2D eigenvalue weighted by molar-refractivity contribution is 5.69. The van der Waals surface area contributed by atoms with Crippen LogP contribution in [0.3, 0.4) is 0 Å². The van der Waals surface area contributed by atoms with Crippen molar-refractivity contribution in [3.8, 4) is 0 Å². The molecule has 0 bridgehead atoms. The molecule has 1 aromatic rings. The molecule has 8 heteroatoms. The summed E-state index contributed by atoms with van der Waals surface area (Å²) in [5, 5.41) is 16.9. The summed E-state index contributed by atoms with van der Waals surface area (Å²) >= 11 is 0. The number of anilines is 2. The largest absolute Gasteiger partial charge is 0.383 e. The number of nitro groups is 1. The molecular weight excluding hydrogens is 250 g/mol. The smallest absolute Gasteiger partial charge is 0.353 e. The van der Waals surface area contributed by atoms with Gasteiger partial charge in [-0.15, -0.1) is 0 Å². The molecule has 0 aliphatic heterocycles. The molecule has 1 unspecified atom stereocenters. The van der Waals surface area contributed by atoms with Crippen molar-refractivity contribution in [2.24, 2.45) is 5.92 Å². The average Bonchev–Trinajstić information content (AvgIpc) is 2.37. The van der Waals surface area contributed by atoms with Crippen LogP contribution in [0, 0.1) is 16.0 Å². The van der Waals surface area contributed by atoms with Gasteiger partial charge in [-0.05, 0) is 5.92 Å².